The predicted molar refractivity (Wildman–Crippen MR) is 75.4 cm³/mol. The standard InChI is InChI=1S/C15H25NO2/c1-5-6-9-15(2,16)11-12-7-8-13(17-3)14(10-12)18-4/h7-8,10H,5-6,9,11,16H2,1-4H3. The van der Waals surface area contributed by atoms with E-state index in [1.54, 1.807) is 14.2 Å². The molecule has 2 N–H and O–H groups in total. The van der Waals surface area contributed by atoms with E-state index in [2.05, 4.69) is 19.9 Å². The molecule has 0 amide bonds. The molecule has 1 unspecified atom stereocenters. The summed E-state index contributed by atoms with van der Waals surface area (Å²) in [4.78, 5) is 0. The number of benzene rings is 1. The summed E-state index contributed by atoms with van der Waals surface area (Å²) >= 11 is 0. The van der Waals surface area contributed by atoms with E-state index in [0.29, 0.717) is 0 Å². The van der Waals surface area contributed by atoms with Crippen LogP contribution in [0.1, 0.15) is 38.7 Å². The lowest BCUT2D eigenvalue weighted by Crippen LogP contribution is -2.38. The van der Waals surface area contributed by atoms with Crippen LogP contribution in [0.3, 0.4) is 0 Å². The molecule has 1 atom stereocenters. The second-order valence-electron chi connectivity index (χ2n) is 5.12. The third-order valence-electron chi connectivity index (χ3n) is 3.16. The average Bonchev–Trinajstić information content (AvgIpc) is 2.35. The molecule has 0 bridgehead atoms. The van der Waals surface area contributed by atoms with E-state index in [1.165, 1.54) is 18.4 Å². The van der Waals surface area contributed by atoms with Crippen molar-refractivity contribution in [2.24, 2.45) is 5.73 Å². The molecule has 0 fully saturated rings. The molecule has 1 aromatic carbocycles. The van der Waals surface area contributed by atoms with Gasteiger partial charge in [-0.3, -0.25) is 0 Å². The Morgan fingerprint density at radius 1 is 1.17 bits per heavy atom. The molecule has 1 aromatic rings. The van der Waals surface area contributed by atoms with E-state index in [-0.39, 0.29) is 5.54 Å². The minimum atomic E-state index is -0.157. The first-order valence-electron chi connectivity index (χ1n) is 6.52. The van der Waals surface area contributed by atoms with Crippen molar-refractivity contribution in [2.45, 2.75) is 45.1 Å². The third kappa shape index (κ3) is 4.22. The average molecular weight is 251 g/mol. The number of nitrogens with two attached hydrogens (primary N) is 1. The highest BCUT2D eigenvalue weighted by Crippen LogP contribution is 2.29. The zero-order valence-electron chi connectivity index (χ0n) is 12.0. The Balaban J connectivity index is 2.78. The number of methoxy groups -OCH3 is 2. The van der Waals surface area contributed by atoms with Crippen molar-refractivity contribution in [3.05, 3.63) is 23.8 Å². The number of rotatable bonds is 7. The summed E-state index contributed by atoms with van der Waals surface area (Å²) in [5.74, 6) is 1.52. The van der Waals surface area contributed by atoms with Crippen LogP contribution in [0.4, 0.5) is 0 Å². The molecule has 0 saturated heterocycles. The van der Waals surface area contributed by atoms with Crippen LogP contribution in [0.2, 0.25) is 0 Å². The van der Waals surface area contributed by atoms with Crippen LogP contribution in [0.5, 0.6) is 11.5 Å². The van der Waals surface area contributed by atoms with E-state index in [4.69, 9.17) is 15.2 Å². The SMILES string of the molecule is CCCCC(C)(N)Cc1ccc(OC)c(OC)c1. The van der Waals surface area contributed by atoms with Gasteiger partial charge in [0.15, 0.2) is 11.5 Å². The number of hydrogen-bond donors (Lipinski definition) is 1. The largest absolute Gasteiger partial charge is 0.493 e. The maximum Gasteiger partial charge on any atom is 0.160 e. The van der Waals surface area contributed by atoms with Gasteiger partial charge in [-0.1, -0.05) is 25.8 Å². The molecule has 0 radical (unpaired) electrons. The van der Waals surface area contributed by atoms with Crippen molar-refractivity contribution < 1.29 is 9.47 Å². The molecule has 0 aliphatic rings. The van der Waals surface area contributed by atoms with Gasteiger partial charge < -0.3 is 15.2 Å². The topological polar surface area (TPSA) is 44.5 Å². The molecule has 0 aromatic heterocycles. The number of ether oxygens (including phenoxy) is 2. The van der Waals surface area contributed by atoms with Crippen molar-refractivity contribution in [1.29, 1.82) is 0 Å². The van der Waals surface area contributed by atoms with Gasteiger partial charge in [-0.2, -0.15) is 0 Å². The maximum absolute atomic E-state index is 6.32. The molecule has 0 saturated carbocycles. The summed E-state index contributed by atoms with van der Waals surface area (Å²) in [6, 6.07) is 6.00. The Kier molecular flexibility index (Phi) is 5.48. The first kappa shape index (κ1) is 14.8. The Hall–Kier alpha value is -1.22. The summed E-state index contributed by atoms with van der Waals surface area (Å²) in [6.07, 6.45) is 4.24. The van der Waals surface area contributed by atoms with Gasteiger partial charge in [0.1, 0.15) is 0 Å². The minimum absolute atomic E-state index is 0.157. The molecular formula is C15H25NO2. The molecule has 18 heavy (non-hydrogen) atoms. The Morgan fingerprint density at radius 2 is 1.83 bits per heavy atom. The fraction of sp³-hybridized carbons (Fsp3) is 0.600. The van der Waals surface area contributed by atoms with Crippen LogP contribution in [-0.4, -0.2) is 19.8 Å². The van der Waals surface area contributed by atoms with Gasteiger partial charge in [0, 0.05) is 5.54 Å². The van der Waals surface area contributed by atoms with Crippen LogP contribution in [-0.2, 0) is 6.42 Å². The lowest BCUT2D eigenvalue weighted by molar-refractivity contribution is 0.353. The summed E-state index contributed by atoms with van der Waals surface area (Å²) < 4.78 is 10.5. The minimum Gasteiger partial charge on any atom is -0.493 e. The van der Waals surface area contributed by atoms with Crippen LogP contribution < -0.4 is 15.2 Å². The van der Waals surface area contributed by atoms with Crippen LogP contribution in [0.15, 0.2) is 18.2 Å². The molecule has 3 heteroatoms. The smallest absolute Gasteiger partial charge is 0.160 e. The second-order valence-corrected chi connectivity index (χ2v) is 5.12. The zero-order chi connectivity index (χ0) is 13.6. The van der Waals surface area contributed by atoms with E-state index < -0.39 is 0 Å². The first-order valence-corrected chi connectivity index (χ1v) is 6.52. The molecule has 0 aliphatic heterocycles. The van der Waals surface area contributed by atoms with E-state index in [0.717, 1.165) is 24.3 Å². The molecule has 1 rings (SSSR count). The van der Waals surface area contributed by atoms with Crippen molar-refractivity contribution in [2.75, 3.05) is 14.2 Å². The predicted octanol–water partition coefficient (Wildman–Crippen LogP) is 3.15. The molecule has 102 valence electrons. The van der Waals surface area contributed by atoms with Crippen LogP contribution in [0, 0.1) is 0 Å². The normalized spacial score (nSPS) is 14.1. The molecule has 0 heterocycles. The summed E-state index contributed by atoms with van der Waals surface area (Å²) in [5, 5.41) is 0. The molecule has 0 aliphatic carbocycles. The van der Waals surface area contributed by atoms with Crippen molar-refractivity contribution in [3.8, 4) is 11.5 Å². The molecule has 0 spiro atoms. The van der Waals surface area contributed by atoms with Crippen molar-refractivity contribution in [3.63, 3.8) is 0 Å². The van der Waals surface area contributed by atoms with Crippen LogP contribution >= 0.6 is 0 Å². The van der Waals surface area contributed by atoms with E-state index in [9.17, 15) is 0 Å². The molecular weight excluding hydrogens is 226 g/mol. The van der Waals surface area contributed by atoms with Gasteiger partial charge in [-0.25, -0.2) is 0 Å². The highest BCUT2D eigenvalue weighted by molar-refractivity contribution is 5.43. The second kappa shape index (κ2) is 6.64. The van der Waals surface area contributed by atoms with Crippen molar-refractivity contribution in [1.82, 2.24) is 0 Å². The van der Waals surface area contributed by atoms with Gasteiger partial charge >= 0.3 is 0 Å². The quantitative estimate of drug-likeness (QED) is 0.809. The van der Waals surface area contributed by atoms with Gasteiger partial charge in [-0.15, -0.1) is 0 Å². The van der Waals surface area contributed by atoms with E-state index in [1.807, 2.05) is 12.1 Å². The van der Waals surface area contributed by atoms with Crippen molar-refractivity contribution >= 4 is 0 Å². The van der Waals surface area contributed by atoms with Gasteiger partial charge in [0.05, 0.1) is 14.2 Å². The highest BCUT2D eigenvalue weighted by Gasteiger charge is 2.19. The maximum atomic E-state index is 6.32. The summed E-state index contributed by atoms with van der Waals surface area (Å²) in [7, 11) is 3.30. The van der Waals surface area contributed by atoms with Gasteiger partial charge in [0.25, 0.3) is 0 Å². The van der Waals surface area contributed by atoms with Crippen LogP contribution in [0.25, 0.3) is 0 Å². The lowest BCUT2D eigenvalue weighted by atomic mass is 9.89. The fourth-order valence-electron chi connectivity index (χ4n) is 2.13. The third-order valence-corrected chi connectivity index (χ3v) is 3.16. The zero-order valence-corrected chi connectivity index (χ0v) is 12.0. The Bertz CT molecular complexity index is 375. The lowest BCUT2D eigenvalue weighted by Gasteiger charge is -2.25. The highest BCUT2D eigenvalue weighted by atomic mass is 16.5. The summed E-state index contributed by atoms with van der Waals surface area (Å²) in [6.45, 7) is 4.30. The van der Waals surface area contributed by atoms with E-state index >= 15 is 0 Å². The number of unbranched alkanes of at least 4 members (excludes halogenated alkanes) is 1. The molecule has 3 nitrogen and oxygen atoms in total. The monoisotopic (exact) mass is 251 g/mol. The Morgan fingerprint density at radius 3 is 2.39 bits per heavy atom. The number of hydrogen-bond acceptors (Lipinski definition) is 3. The van der Waals surface area contributed by atoms with Gasteiger partial charge in [0.2, 0.25) is 0 Å². The Labute approximate surface area is 110 Å². The van der Waals surface area contributed by atoms with Gasteiger partial charge in [-0.05, 0) is 37.5 Å². The fourth-order valence-corrected chi connectivity index (χ4v) is 2.13. The summed E-state index contributed by atoms with van der Waals surface area (Å²) in [5.41, 5.74) is 7.36. The first-order chi connectivity index (χ1) is 8.52.